The van der Waals surface area contributed by atoms with E-state index < -0.39 is 16.6 Å². The van der Waals surface area contributed by atoms with Gasteiger partial charge in [-0.3, -0.25) is 0 Å². The Hall–Kier alpha value is -3.08. The molecule has 0 spiro atoms. The van der Waals surface area contributed by atoms with Gasteiger partial charge in [-0.2, -0.15) is 0 Å². The van der Waals surface area contributed by atoms with E-state index >= 15 is 0 Å². The molecular weight excluding hydrogens is 443 g/mol. The monoisotopic (exact) mass is 477 g/mol. The van der Waals surface area contributed by atoms with Crippen LogP contribution in [0.3, 0.4) is 0 Å². The van der Waals surface area contributed by atoms with E-state index in [2.05, 4.69) is 85.8 Å². The predicted molar refractivity (Wildman–Crippen MR) is 147 cm³/mol. The first-order chi connectivity index (χ1) is 17.1. The van der Waals surface area contributed by atoms with Crippen molar-refractivity contribution in [3.8, 4) is 5.75 Å². The summed E-state index contributed by atoms with van der Waals surface area (Å²) < 4.78 is 12.6. The number of hydrogen-bond acceptors (Lipinski definition) is 3. The fourth-order valence-corrected chi connectivity index (χ4v) is 5.28. The lowest BCUT2D eigenvalue weighted by molar-refractivity contribution is -0.0893. The third-order valence-electron chi connectivity index (χ3n) is 7.92. The van der Waals surface area contributed by atoms with E-state index in [9.17, 15) is 5.11 Å². The van der Waals surface area contributed by atoms with E-state index in [4.69, 9.17) is 9.39 Å². The molecule has 5 rings (SSSR count). The second-order valence-corrected chi connectivity index (χ2v) is 11.0. The number of rotatable bonds is 6. The summed E-state index contributed by atoms with van der Waals surface area (Å²) in [6.45, 7) is 9.64. The Balaban J connectivity index is 1.73. The molecule has 3 aromatic rings. The smallest absolute Gasteiger partial charge is 0.330 e. The van der Waals surface area contributed by atoms with Crippen molar-refractivity contribution in [1.82, 2.24) is 0 Å². The maximum atomic E-state index is 10.6. The molecule has 2 aliphatic rings. The highest BCUT2D eigenvalue weighted by Gasteiger charge is 2.48. The van der Waals surface area contributed by atoms with Crippen molar-refractivity contribution in [2.24, 2.45) is 5.92 Å². The number of allylic oxidation sites excluding steroid dienone is 3. The van der Waals surface area contributed by atoms with Crippen molar-refractivity contribution in [2.45, 2.75) is 57.7 Å². The lowest BCUT2D eigenvalue weighted by Gasteiger charge is -2.46. The molecule has 1 N–H and O–H groups in total. The van der Waals surface area contributed by atoms with Crippen LogP contribution in [0, 0.1) is 5.92 Å². The zero-order chi connectivity index (χ0) is 25.6. The SMILES string of the molecule is CC1CC=CC2=C1C(c1ccccc1)(c1cccc([B]OC(C)(C)C(C)(C)O)c1)c1ccccc1O2. The van der Waals surface area contributed by atoms with Crippen LogP contribution in [0.15, 0.2) is 102 Å². The first kappa shape index (κ1) is 24.6. The van der Waals surface area contributed by atoms with Crippen molar-refractivity contribution >= 4 is 12.9 Å². The Labute approximate surface area is 215 Å². The summed E-state index contributed by atoms with van der Waals surface area (Å²) in [6.07, 6.45) is 5.31. The molecule has 0 saturated carbocycles. The average molecular weight is 477 g/mol. The molecule has 36 heavy (non-hydrogen) atoms. The molecule has 1 aliphatic heterocycles. The summed E-state index contributed by atoms with van der Waals surface area (Å²) in [7, 11) is 1.77. The van der Waals surface area contributed by atoms with Crippen LogP contribution < -0.4 is 10.2 Å². The van der Waals surface area contributed by atoms with Crippen LogP contribution in [-0.2, 0) is 10.1 Å². The first-order valence-electron chi connectivity index (χ1n) is 12.7. The fraction of sp³-hybridized carbons (Fsp3) is 0.312. The molecule has 0 saturated heterocycles. The Kier molecular flexibility index (Phi) is 6.22. The van der Waals surface area contributed by atoms with Gasteiger partial charge in [-0.05, 0) is 68.9 Å². The van der Waals surface area contributed by atoms with E-state index in [1.807, 2.05) is 26.0 Å². The molecule has 1 heterocycles. The van der Waals surface area contributed by atoms with Crippen molar-refractivity contribution in [3.63, 3.8) is 0 Å². The normalized spacial score (nSPS) is 21.4. The highest BCUT2D eigenvalue weighted by atomic mass is 16.5. The molecule has 0 bridgehead atoms. The largest absolute Gasteiger partial charge is 0.457 e. The standard InChI is InChI=1S/C32H34BO3/c1-22-13-11-20-28-29(22)32(23-14-7-6-8-15-23,26-18-9-10-19-27(26)35-28)24-16-12-17-25(21-24)33-36-31(4,5)30(2,3)34/h6-12,14-22,34H,13H2,1-5H3. The van der Waals surface area contributed by atoms with Crippen LogP contribution in [0.25, 0.3) is 0 Å². The van der Waals surface area contributed by atoms with Gasteiger partial charge < -0.3 is 14.5 Å². The molecule has 0 amide bonds. The summed E-state index contributed by atoms with van der Waals surface area (Å²) in [4.78, 5) is 0. The van der Waals surface area contributed by atoms with Gasteiger partial charge in [0, 0.05) is 5.56 Å². The van der Waals surface area contributed by atoms with Gasteiger partial charge in [0.2, 0.25) is 0 Å². The number of fused-ring (bicyclic) bond motifs is 1. The molecule has 2 unspecified atom stereocenters. The van der Waals surface area contributed by atoms with Crippen LogP contribution in [0.5, 0.6) is 5.75 Å². The summed E-state index contributed by atoms with van der Waals surface area (Å²) in [5.41, 5.74) is 3.51. The minimum Gasteiger partial charge on any atom is -0.457 e. The average Bonchev–Trinajstić information content (AvgIpc) is 2.86. The molecule has 183 valence electrons. The van der Waals surface area contributed by atoms with E-state index in [0.29, 0.717) is 5.92 Å². The summed E-state index contributed by atoms with van der Waals surface area (Å²) in [5.74, 6) is 2.12. The molecule has 1 radical (unpaired) electrons. The van der Waals surface area contributed by atoms with Crippen molar-refractivity contribution in [2.75, 3.05) is 0 Å². The number of hydrogen-bond donors (Lipinski definition) is 1. The van der Waals surface area contributed by atoms with Gasteiger partial charge in [0.1, 0.15) is 11.5 Å². The second kappa shape index (κ2) is 9.10. The molecule has 3 aromatic carbocycles. The van der Waals surface area contributed by atoms with E-state index in [-0.39, 0.29) is 0 Å². The molecule has 3 nitrogen and oxygen atoms in total. The number of para-hydroxylation sites is 1. The Morgan fingerprint density at radius 2 is 1.61 bits per heavy atom. The minimum absolute atomic E-state index is 0.302. The zero-order valence-corrected chi connectivity index (χ0v) is 21.8. The van der Waals surface area contributed by atoms with Crippen molar-refractivity contribution < 1.29 is 14.5 Å². The molecule has 1 aliphatic carbocycles. The lowest BCUT2D eigenvalue weighted by Crippen LogP contribution is -2.49. The summed E-state index contributed by atoms with van der Waals surface area (Å²) in [6, 6.07) is 27.7. The van der Waals surface area contributed by atoms with E-state index in [1.54, 1.807) is 21.3 Å². The van der Waals surface area contributed by atoms with Gasteiger partial charge >= 0.3 is 7.48 Å². The van der Waals surface area contributed by atoms with E-state index in [0.717, 1.165) is 34.5 Å². The lowest BCUT2D eigenvalue weighted by atomic mass is 9.59. The third-order valence-corrected chi connectivity index (χ3v) is 7.92. The van der Waals surface area contributed by atoms with Gasteiger partial charge in [0.05, 0.1) is 16.6 Å². The van der Waals surface area contributed by atoms with Gasteiger partial charge in [-0.1, -0.05) is 91.3 Å². The first-order valence-corrected chi connectivity index (χ1v) is 12.7. The van der Waals surface area contributed by atoms with Gasteiger partial charge in [-0.25, -0.2) is 0 Å². The minimum atomic E-state index is -0.990. The van der Waals surface area contributed by atoms with Crippen molar-refractivity contribution in [1.29, 1.82) is 0 Å². The van der Waals surface area contributed by atoms with Crippen LogP contribution in [-0.4, -0.2) is 23.8 Å². The van der Waals surface area contributed by atoms with Crippen LogP contribution in [0.4, 0.5) is 0 Å². The third kappa shape index (κ3) is 4.03. The van der Waals surface area contributed by atoms with E-state index in [1.165, 1.54) is 11.1 Å². The topological polar surface area (TPSA) is 38.7 Å². The molecule has 4 heteroatoms. The molecule has 0 aromatic heterocycles. The predicted octanol–water partition coefficient (Wildman–Crippen LogP) is 6.07. The van der Waals surface area contributed by atoms with Crippen LogP contribution in [0.1, 0.15) is 57.7 Å². The molecule has 0 fully saturated rings. The van der Waals surface area contributed by atoms with Crippen LogP contribution >= 0.6 is 0 Å². The maximum absolute atomic E-state index is 10.6. The molecular formula is C32H34BO3. The number of ether oxygens (including phenoxy) is 1. The summed E-state index contributed by atoms with van der Waals surface area (Å²) in [5, 5.41) is 10.6. The van der Waals surface area contributed by atoms with Gasteiger partial charge in [0.25, 0.3) is 0 Å². The quantitative estimate of drug-likeness (QED) is 0.438. The summed E-state index contributed by atoms with van der Waals surface area (Å²) >= 11 is 0. The Morgan fingerprint density at radius 3 is 2.36 bits per heavy atom. The van der Waals surface area contributed by atoms with Gasteiger partial charge in [-0.15, -0.1) is 0 Å². The highest BCUT2D eigenvalue weighted by Crippen LogP contribution is 2.55. The van der Waals surface area contributed by atoms with Crippen molar-refractivity contribution in [3.05, 3.63) is 119 Å². The van der Waals surface area contributed by atoms with Gasteiger partial charge in [0.15, 0.2) is 0 Å². The number of benzene rings is 3. The Bertz CT molecular complexity index is 1320. The second-order valence-electron chi connectivity index (χ2n) is 11.0. The zero-order valence-electron chi connectivity index (χ0n) is 21.8. The van der Waals surface area contributed by atoms with Crippen LogP contribution in [0.2, 0.25) is 0 Å². The number of aliphatic hydroxyl groups is 1. The highest BCUT2D eigenvalue weighted by molar-refractivity contribution is 6.47. The Morgan fingerprint density at radius 1 is 0.917 bits per heavy atom. The molecule has 2 atom stereocenters. The maximum Gasteiger partial charge on any atom is 0.330 e. The fourth-order valence-electron chi connectivity index (χ4n) is 5.28.